The van der Waals surface area contributed by atoms with E-state index in [9.17, 15) is 9.59 Å². The lowest BCUT2D eigenvalue weighted by atomic mass is 9.93. The minimum absolute atomic E-state index is 0.0000883. The lowest BCUT2D eigenvalue weighted by Gasteiger charge is -2.28. The van der Waals surface area contributed by atoms with Crippen LogP contribution in [0.1, 0.15) is 13.8 Å². The van der Waals surface area contributed by atoms with Gasteiger partial charge in [-0.15, -0.1) is 0 Å². The second-order valence-corrected chi connectivity index (χ2v) is 6.85. The maximum atomic E-state index is 12.2. The van der Waals surface area contributed by atoms with Crippen LogP contribution in [0.4, 0.5) is 0 Å². The van der Waals surface area contributed by atoms with Gasteiger partial charge in [-0.25, -0.2) is 4.98 Å². The molecular formula is C17H24N4O2. The molecule has 124 valence electrons. The molecule has 0 bridgehead atoms. The number of hydrogen-bond donors (Lipinski definition) is 1. The Labute approximate surface area is 136 Å². The van der Waals surface area contributed by atoms with Crippen molar-refractivity contribution in [1.82, 2.24) is 19.8 Å². The highest BCUT2D eigenvalue weighted by Crippen LogP contribution is 2.14. The normalized spacial score (nSPS) is 11.9. The zero-order valence-corrected chi connectivity index (χ0v) is 14.2. The summed E-state index contributed by atoms with van der Waals surface area (Å²) in [7, 11) is 4.01. The van der Waals surface area contributed by atoms with Gasteiger partial charge >= 0.3 is 0 Å². The number of carbonyl (C=O) groups is 1. The molecule has 23 heavy (non-hydrogen) atoms. The lowest BCUT2D eigenvalue weighted by molar-refractivity contribution is -0.122. The Hall–Kier alpha value is -2.21. The van der Waals surface area contributed by atoms with E-state index < -0.39 is 0 Å². The topological polar surface area (TPSA) is 67.2 Å². The van der Waals surface area contributed by atoms with Crippen LogP contribution in [-0.2, 0) is 11.3 Å². The van der Waals surface area contributed by atoms with Gasteiger partial charge in [0.05, 0.1) is 17.2 Å². The molecule has 0 radical (unpaired) electrons. The first-order valence-electron chi connectivity index (χ1n) is 7.64. The predicted octanol–water partition coefficient (Wildman–Crippen LogP) is 1.10. The van der Waals surface area contributed by atoms with Crippen molar-refractivity contribution >= 4 is 16.9 Å². The number of aromatic nitrogens is 2. The molecule has 1 aromatic carbocycles. The SMILES string of the molecule is CN(C)CC(C)(C)CNC(=O)Cn1c(=O)cnc2ccccc21. The Balaban J connectivity index is 2.09. The number of nitrogens with one attached hydrogen (secondary N) is 1. The van der Waals surface area contributed by atoms with Crippen molar-refractivity contribution in [3.8, 4) is 0 Å². The number of para-hydroxylation sites is 2. The average molecular weight is 316 g/mol. The smallest absolute Gasteiger partial charge is 0.269 e. The van der Waals surface area contributed by atoms with Gasteiger partial charge in [-0.3, -0.25) is 14.2 Å². The van der Waals surface area contributed by atoms with Gasteiger partial charge in [-0.05, 0) is 31.6 Å². The molecule has 0 aliphatic carbocycles. The molecule has 0 unspecified atom stereocenters. The van der Waals surface area contributed by atoms with E-state index in [2.05, 4.69) is 29.0 Å². The summed E-state index contributed by atoms with van der Waals surface area (Å²) in [5.41, 5.74) is 1.06. The first-order valence-corrected chi connectivity index (χ1v) is 7.64. The van der Waals surface area contributed by atoms with Crippen molar-refractivity contribution in [1.29, 1.82) is 0 Å². The van der Waals surface area contributed by atoms with E-state index in [-0.39, 0.29) is 23.4 Å². The molecule has 6 heteroatoms. The highest BCUT2D eigenvalue weighted by molar-refractivity contribution is 5.79. The van der Waals surface area contributed by atoms with Crippen LogP contribution in [0.15, 0.2) is 35.3 Å². The standard InChI is InChI=1S/C17H24N4O2/c1-17(2,12-20(3)4)11-19-15(22)10-21-14-8-6-5-7-13(14)18-9-16(21)23/h5-9H,10-12H2,1-4H3,(H,19,22). The summed E-state index contributed by atoms with van der Waals surface area (Å²) in [6.45, 7) is 5.62. The van der Waals surface area contributed by atoms with E-state index in [1.807, 2.05) is 32.3 Å². The van der Waals surface area contributed by atoms with Gasteiger partial charge < -0.3 is 10.2 Å². The van der Waals surface area contributed by atoms with Gasteiger partial charge in [-0.2, -0.15) is 0 Å². The van der Waals surface area contributed by atoms with Crippen LogP contribution in [0.2, 0.25) is 0 Å². The molecule has 1 N–H and O–H groups in total. The van der Waals surface area contributed by atoms with Crippen LogP contribution in [0.3, 0.4) is 0 Å². The van der Waals surface area contributed by atoms with E-state index in [4.69, 9.17) is 0 Å². The molecule has 6 nitrogen and oxygen atoms in total. The molecule has 0 saturated carbocycles. The summed E-state index contributed by atoms with van der Waals surface area (Å²) in [6, 6.07) is 7.31. The van der Waals surface area contributed by atoms with Crippen molar-refractivity contribution in [3.05, 3.63) is 40.8 Å². The summed E-state index contributed by atoms with van der Waals surface area (Å²) < 4.78 is 1.45. The Morgan fingerprint density at radius 1 is 1.30 bits per heavy atom. The van der Waals surface area contributed by atoms with Gasteiger partial charge in [-0.1, -0.05) is 26.0 Å². The summed E-state index contributed by atoms with van der Waals surface area (Å²) in [5.74, 6) is -0.171. The highest BCUT2D eigenvalue weighted by Gasteiger charge is 2.20. The molecule has 0 fully saturated rings. The summed E-state index contributed by atoms with van der Waals surface area (Å²) in [6.07, 6.45) is 1.26. The number of carbonyl (C=O) groups excluding carboxylic acids is 1. The van der Waals surface area contributed by atoms with Crippen LogP contribution >= 0.6 is 0 Å². The van der Waals surface area contributed by atoms with E-state index in [0.29, 0.717) is 17.6 Å². The number of rotatable bonds is 6. The second kappa shape index (κ2) is 6.91. The van der Waals surface area contributed by atoms with Crippen LogP contribution in [0.25, 0.3) is 11.0 Å². The molecular weight excluding hydrogens is 292 g/mol. The highest BCUT2D eigenvalue weighted by atomic mass is 16.2. The summed E-state index contributed by atoms with van der Waals surface area (Å²) >= 11 is 0. The maximum absolute atomic E-state index is 12.2. The number of nitrogens with zero attached hydrogens (tertiary/aromatic N) is 3. The van der Waals surface area contributed by atoms with Crippen molar-refractivity contribution in [2.24, 2.45) is 5.41 Å². The monoisotopic (exact) mass is 316 g/mol. The van der Waals surface area contributed by atoms with Crippen LogP contribution in [0, 0.1) is 5.41 Å². The minimum atomic E-state index is -0.272. The molecule has 1 amide bonds. The third kappa shape index (κ3) is 4.63. The van der Waals surface area contributed by atoms with Crippen LogP contribution < -0.4 is 10.9 Å². The fraction of sp³-hybridized carbons (Fsp3) is 0.471. The molecule has 0 atom stereocenters. The molecule has 0 spiro atoms. The third-order valence-electron chi connectivity index (χ3n) is 3.56. The van der Waals surface area contributed by atoms with Crippen molar-refractivity contribution in [2.45, 2.75) is 20.4 Å². The zero-order valence-electron chi connectivity index (χ0n) is 14.2. The molecule has 2 aromatic rings. The first kappa shape index (κ1) is 17.1. The maximum Gasteiger partial charge on any atom is 0.269 e. The number of fused-ring (bicyclic) bond motifs is 1. The molecule has 0 saturated heterocycles. The van der Waals surface area contributed by atoms with Gasteiger partial charge in [0.2, 0.25) is 5.91 Å². The van der Waals surface area contributed by atoms with E-state index in [1.54, 1.807) is 6.07 Å². The van der Waals surface area contributed by atoms with Gasteiger partial charge in [0.1, 0.15) is 6.54 Å². The molecule has 1 aromatic heterocycles. The quantitative estimate of drug-likeness (QED) is 0.866. The summed E-state index contributed by atoms with van der Waals surface area (Å²) in [5, 5.41) is 2.92. The third-order valence-corrected chi connectivity index (χ3v) is 3.56. The summed E-state index contributed by atoms with van der Waals surface area (Å²) in [4.78, 5) is 30.5. The molecule has 0 aliphatic heterocycles. The number of benzene rings is 1. The largest absolute Gasteiger partial charge is 0.354 e. The van der Waals surface area contributed by atoms with E-state index in [1.165, 1.54) is 10.8 Å². The molecule has 0 aliphatic rings. The Kier molecular flexibility index (Phi) is 5.15. The Morgan fingerprint density at radius 2 is 2.00 bits per heavy atom. The van der Waals surface area contributed by atoms with Crippen molar-refractivity contribution in [3.63, 3.8) is 0 Å². The lowest BCUT2D eigenvalue weighted by Crippen LogP contribution is -2.41. The Morgan fingerprint density at radius 3 is 2.70 bits per heavy atom. The molecule has 1 heterocycles. The second-order valence-electron chi connectivity index (χ2n) is 6.85. The van der Waals surface area contributed by atoms with Gasteiger partial charge in [0.25, 0.3) is 5.56 Å². The fourth-order valence-corrected chi connectivity index (χ4v) is 2.73. The van der Waals surface area contributed by atoms with Gasteiger partial charge in [0, 0.05) is 13.1 Å². The van der Waals surface area contributed by atoms with Crippen molar-refractivity contribution < 1.29 is 4.79 Å². The number of hydrogen-bond acceptors (Lipinski definition) is 4. The molecule has 2 rings (SSSR count). The first-order chi connectivity index (χ1) is 10.8. The predicted molar refractivity (Wildman–Crippen MR) is 91.3 cm³/mol. The Bertz CT molecular complexity index is 750. The zero-order chi connectivity index (χ0) is 17.0. The van der Waals surface area contributed by atoms with E-state index >= 15 is 0 Å². The van der Waals surface area contributed by atoms with Crippen molar-refractivity contribution in [2.75, 3.05) is 27.2 Å². The number of amides is 1. The van der Waals surface area contributed by atoms with Gasteiger partial charge in [0.15, 0.2) is 0 Å². The minimum Gasteiger partial charge on any atom is -0.354 e. The van der Waals surface area contributed by atoms with E-state index in [0.717, 1.165) is 6.54 Å². The average Bonchev–Trinajstić information content (AvgIpc) is 2.47. The van der Waals surface area contributed by atoms with Crippen LogP contribution in [-0.4, -0.2) is 47.5 Å². The fourth-order valence-electron chi connectivity index (χ4n) is 2.73. The van der Waals surface area contributed by atoms with Crippen LogP contribution in [0.5, 0.6) is 0 Å².